The molecular weight excluding hydrogens is 216 g/mol. The van der Waals surface area contributed by atoms with Gasteiger partial charge in [-0.2, -0.15) is 0 Å². The summed E-state index contributed by atoms with van der Waals surface area (Å²) in [6.45, 7) is 4.24. The minimum atomic E-state index is 0.906. The smallest absolute Gasteiger partial charge is 0.108 e. The zero-order valence-corrected chi connectivity index (χ0v) is 10.5. The van der Waals surface area contributed by atoms with E-state index in [1.807, 2.05) is 6.07 Å². The lowest BCUT2D eigenvalue weighted by molar-refractivity contribution is 0.616. The van der Waals surface area contributed by atoms with Crippen molar-refractivity contribution in [2.45, 2.75) is 32.7 Å². The number of thiazole rings is 1. The van der Waals surface area contributed by atoms with Crippen LogP contribution in [0.2, 0.25) is 0 Å². The number of fused-ring (bicyclic) bond motifs is 1. The Morgan fingerprint density at radius 2 is 2.12 bits per heavy atom. The number of benzene rings is 1. The van der Waals surface area contributed by atoms with Gasteiger partial charge < -0.3 is 5.32 Å². The van der Waals surface area contributed by atoms with Crippen molar-refractivity contribution in [2.24, 2.45) is 0 Å². The third-order valence-corrected chi connectivity index (χ3v) is 3.61. The summed E-state index contributed by atoms with van der Waals surface area (Å²) in [6, 6.07) is 8.32. The molecule has 2 rings (SSSR count). The van der Waals surface area contributed by atoms with Crippen molar-refractivity contribution in [1.82, 2.24) is 10.3 Å². The molecule has 0 saturated carbocycles. The molecule has 1 aromatic carbocycles. The van der Waals surface area contributed by atoms with Gasteiger partial charge in [0.2, 0.25) is 0 Å². The Morgan fingerprint density at radius 3 is 2.94 bits per heavy atom. The van der Waals surface area contributed by atoms with Gasteiger partial charge in [0.05, 0.1) is 10.2 Å². The van der Waals surface area contributed by atoms with Crippen molar-refractivity contribution in [3.05, 3.63) is 29.3 Å². The second kappa shape index (κ2) is 5.97. The number of rotatable bonds is 6. The van der Waals surface area contributed by atoms with Gasteiger partial charge in [-0.3, -0.25) is 0 Å². The molecule has 0 saturated heterocycles. The van der Waals surface area contributed by atoms with Crippen molar-refractivity contribution >= 4 is 21.6 Å². The van der Waals surface area contributed by atoms with Crippen LogP contribution in [0.15, 0.2) is 24.3 Å². The maximum atomic E-state index is 4.59. The summed E-state index contributed by atoms with van der Waals surface area (Å²) in [7, 11) is 0. The van der Waals surface area contributed by atoms with Gasteiger partial charge in [-0.25, -0.2) is 4.98 Å². The molecule has 86 valence electrons. The van der Waals surface area contributed by atoms with Crippen LogP contribution in [0, 0.1) is 0 Å². The summed E-state index contributed by atoms with van der Waals surface area (Å²) in [4.78, 5) is 4.59. The molecule has 2 nitrogen and oxygen atoms in total. The van der Waals surface area contributed by atoms with Crippen LogP contribution in [0.4, 0.5) is 0 Å². The van der Waals surface area contributed by atoms with Crippen molar-refractivity contribution in [2.75, 3.05) is 6.54 Å². The van der Waals surface area contributed by atoms with E-state index in [-0.39, 0.29) is 0 Å². The highest BCUT2D eigenvalue weighted by atomic mass is 32.1. The van der Waals surface area contributed by atoms with Gasteiger partial charge in [0.1, 0.15) is 5.01 Å². The standard InChI is InChI=1S/C13H18N2S/c1-2-3-6-9-14-10-13-15-11-7-4-5-8-12(11)16-13/h4-5,7-8,14H,2-3,6,9-10H2,1H3. The Kier molecular flexibility index (Phi) is 4.31. The lowest BCUT2D eigenvalue weighted by atomic mass is 10.2. The minimum absolute atomic E-state index is 0.906. The van der Waals surface area contributed by atoms with Gasteiger partial charge in [0.25, 0.3) is 0 Å². The van der Waals surface area contributed by atoms with E-state index in [0.717, 1.165) is 18.6 Å². The van der Waals surface area contributed by atoms with Gasteiger partial charge in [-0.1, -0.05) is 31.9 Å². The molecule has 0 bridgehead atoms. The molecular formula is C13H18N2S. The molecule has 2 aromatic rings. The number of nitrogens with one attached hydrogen (secondary N) is 1. The molecule has 0 atom stereocenters. The molecule has 0 amide bonds. The molecule has 16 heavy (non-hydrogen) atoms. The largest absolute Gasteiger partial charge is 0.310 e. The van der Waals surface area contributed by atoms with Gasteiger partial charge in [-0.05, 0) is 25.1 Å². The number of nitrogens with zero attached hydrogens (tertiary/aromatic N) is 1. The Balaban J connectivity index is 1.85. The van der Waals surface area contributed by atoms with Gasteiger partial charge in [-0.15, -0.1) is 11.3 Å². The fraction of sp³-hybridized carbons (Fsp3) is 0.462. The SMILES string of the molecule is CCCCCNCc1nc2ccccc2s1. The lowest BCUT2D eigenvalue weighted by Gasteiger charge is -2.00. The highest BCUT2D eigenvalue weighted by molar-refractivity contribution is 7.18. The molecule has 0 radical (unpaired) electrons. The van der Waals surface area contributed by atoms with Crippen LogP contribution in [0.1, 0.15) is 31.2 Å². The Bertz CT molecular complexity index is 403. The number of hydrogen-bond acceptors (Lipinski definition) is 3. The average molecular weight is 234 g/mol. The summed E-state index contributed by atoms with van der Waals surface area (Å²) in [5, 5.41) is 4.64. The highest BCUT2D eigenvalue weighted by Crippen LogP contribution is 2.21. The van der Waals surface area contributed by atoms with Crippen LogP contribution in [0.5, 0.6) is 0 Å². The van der Waals surface area contributed by atoms with Gasteiger partial charge in [0, 0.05) is 6.54 Å². The van der Waals surface area contributed by atoms with Crippen LogP contribution in [-0.4, -0.2) is 11.5 Å². The van der Waals surface area contributed by atoms with Crippen LogP contribution in [0.3, 0.4) is 0 Å². The molecule has 0 spiro atoms. The zero-order valence-electron chi connectivity index (χ0n) is 9.70. The summed E-state index contributed by atoms with van der Waals surface area (Å²) in [5.74, 6) is 0. The summed E-state index contributed by atoms with van der Waals surface area (Å²) < 4.78 is 1.29. The summed E-state index contributed by atoms with van der Waals surface area (Å²) >= 11 is 1.79. The quantitative estimate of drug-likeness (QED) is 0.773. The number of aromatic nitrogens is 1. The van der Waals surface area contributed by atoms with Crippen molar-refractivity contribution in [3.8, 4) is 0 Å². The first-order chi connectivity index (χ1) is 7.90. The molecule has 1 N–H and O–H groups in total. The molecule has 3 heteroatoms. The fourth-order valence-electron chi connectivity index (χ4n) is 1.69. The third kappa shape index (κ3) is 3.03. The Hall–Kier alpha value is -0.930. The van der Waals surface area contributed by atoms with E-state index in [1.165, 1.54) is 29.0 Å². The minimum Gasteiger partial charge on any atom is -0.310 e. The number of unbranched alkanes of at least 4 members (excludes halogenated alkanes) is 2. The molecule has 1 heterocycles. The first-order valence-corrected chi connectivity index (χ1v) is 6.77. The van der Waals surface area contributed by atoms with Crippen molar-refractivity contribution in [1.29, 1.82) is 0 Å². The molecule has 0 aliphatic rings. The van der Waals surface area contributed by atoms with Crippen LogP contribution in [0.25, 0.3) is 10.2 Å². The average Bonchev–Trinajstić information content (AvgIpc) is 2.71. The van der Waals surface area contributed by atoms with Crippen LogP contribution < -0.4 is 5.32 Å². The number of para-hydroxylation sites is 1. The zero-order chi connectivity index (χ0) is 11.2. The topological polar surface area (TPSA) is 24.9 Å². The molecule has 0 aliphatic heterocycles. The first kappa shape index (κ1) is 11.6. The van der Waals surface area contributed by atoms with E-state index in [2.05, 4.69) is 35.4 Å². The molecule has 0 aliphatic carbocycles. The van der Waals surface area contributed by atoms with E-state index < -0.39 is 0 Å². The maximum Gasteiger partial charge on any atom is 0.108 e. The van der Waals surface area contributed by atoms with Crippen LogP contribution in [-0.2, 0) is 6.54 Å². The predicted octanol–water partition coefficient (Wildman–Crippen LogP) is 3.58. The number of hydrogen-bond donors (Lipinski definition) is 1. The van der Waals surface area contributed by atoms with Gasteiger partial charge >= 0.3 is 0 Å². The maximum absolute atomic E-state index is 4.59. The highest BCUT2D eigenvalue weighted by Gasteiger charge is 2.01. The fourth-order valence-corrected chi connectivity index (χ4v) is 2.63. The van der Waals surface area contributed by atoms with E-state index >= 15 is 0 Å². The predicted molar refractivity (Wildman–Crippen MR) is 70.9 cm³/mol. The van der Waals surface area contributed by atoms with Crippen molar-refractivity contribution in [3.63, 3.8) is 0 Å². The normalized spacial score (nSPS) is 11.1. The van der Waals surface area contributed by atoms with Crippen LogP contribution >= 0.6 is 11.3 Å². The summed E-state index contributed by atoms with van der Waals surface area (Å²) in [6.07, 6.45) is 3.86. The first-order valence-electron chi connectivity index (χ1n) is 5.95. The second-order valence-electron chi connectivity index (χ2n) is 3.96. The van der Waals surface area contributed by atoms with E-state index in [4.69, 9.17) is 0 Å². The molecule has 0 unspecified atom stereocenters. The molecule has 1 aromatic heterocycles. The van der Waals surface area contributed by atoms with E-state index in [9.17, 15) is 0 Å². The monoisotopic (exact) mass is 234 g/mol. The van der Waals surface area contributed by atoms with Gasteiger partial charge in [0.15, 0.2) is 0 Å². The van der Waals surface area contributed by atoms with E-state index in [1.54, 1.807) is 11.3 Å². The second-order valence-corrected chi connectivity index (χ2v) is 5.07. The third-order valence-electron chi connectivity index (χ3n) is 2.57. The lowest BCUT2D eigenvalue weighted by Crippen LogP contribution is -2.14. The van der Waals surface area contributed by atoms with Crippen molar-refractivity contribution < 1.29 is 0 Å². The molecule has 0 fully saturated rings. The van der Waals surface area contributed by atoms with E-state index in [0.29, 0.717) is 0 Å². The Morgan fingerprint density at radius 1 is 1.25 bits per heavy atom. The Labute approximate surface area is 101 Å². The summed E-state index contributed by atoms with van der Waals surface area (Å²) in [5.41, 5.74) is 1.12.